The number of alkyl halides is 3. The van der Waals surface area contributed by atoms with Crippen molar-refractivity contribution in [3.63, 3.8) is 0 Å². The summed E-state index contributed by atoms with van der Waals surface area (Å²) >= 11 is 0. The molecule has 3 rings (SSSR count). The van der Waals surface area contributed by atoms with Crippen LogP contribution >= 0.6 is 0 Å². The molecule has 0 aliphatic heterocycles. The molecular weight excluding hydrogens is 303 g/mol. The third kappa shape index (κ3) is 2.90. The van der Waals surface area contributed by atoms with Gasteiger partial charge in [0, 0.05) is 12.6 Å². The summed E-state index contributed by atoms with van der Waals surface area (Å²) in [6, 6.07) is 11.9. The third-order valence-corrected chi connectivity index (χ3v) is 3.62. The van der Waals surface area contributed by atoms with Crippen molar-refractivity contribution < 1.29 is 13.2 Å². The summed E-state index contributed by atoms with van der Waals surface area (Å²) in [5, 5.41) is 9.33. The molecule has 6 heteroatoms. The van der Waals surface area contributed by atoms with E-state index in [9.17, 15) is 18.4 Å². The quantitative estimate of drug-likeness (QED) is 0.713. The highest BCUT2D eigenvalue weighted by Crippen LogP contribution is 2.30. The molecule has 0 bridgehead atoms. The predicted octanol–water partition coefficient (Wildman–Crippen LogP) is 4.12. The van der Waals surface area contributed by atoms with Crippen molar-refractivity contribution in [2.45, 2.75) is 19.5 Å². The second kappa shape index (κ2) is 5.43. The third-order valence-electron chi connectivity index (χ3n) is 3.62. The smallest absolute Gasteiger partial charge is 0.290 e. The number of nitrogens with zero attached hydrogens (tertiary/aromatic N) is 3. The number of benzene rings is 1. The maximum absolute atomic E-state index is 12.8. The minimum absolute atomic E-state index is 0.131. The number of hydrogen-bond donors (Lipinski definition) is 0. The summed E-state index contributed by atoms with van der Waals surface area (Å²) in [7, 11) is 0. The number of rotatable bonds is 2. The molecular formula is C17H12F3N3. The maximum Gasteiger partial charge on any atom is 0.417 e. The van der Waals surface area contributed by atoms with E-state index in [0.717, 1.165) is 23.4 Å². The van der Waals surface area contributed by atoms with Gasteiger partial charge in [-0.05, 0) is 24.6 Å². The molecule has 23 heavy (non-hydrogen) atoms. The fourth-order valence-corrected chi connectivity index (χ4v) is 2.40. The molecule has 0 saturated carbocycles. The van der Waals surface area contributed by atoms with Gasteiger partial charge < -0.3 is 0 Å². The van der Waals surface area contributed by atoms with Crippen LogP contribution in [-0.4, -0.2) is 9.38 Å². The number of fused-ring (bicyclic) bond motifs is 1. The van der Waals surface area contributed by atoms with E-state index < -0.39 is 11.7 Å². The van der Waals surface area contributed by atoms with E-state index in [4.69, 9.17) is 0 Å². The molecule has 3 aromatic rings. The van der Waals surface area contributed by atoms with Crippen LogP contribution in [0, 0.1) is 18.3 Å². The lowest BCUT2D eigenvalue weighted by atomic mass is 10.1. The molecule has 0 atom stereocenters. The fourth-order valence-electron chi connectivity index (χ4n) is 2.40. The van der Waals surface area contributed by atoms with Crippen LogP contribution in [0.25, 0.3) is 5.65 Å². The Morgan fingerprint density at radius 1 is 1.13 bits per heavy atom. The Hall–Kier alpha value is -2.81. The van der Waals surface area contributed by atoms with E-state index in [1.165, 1.54) is 10.5 Å². The SMILES string of the molecule is Cc1ccc(Cc2nc3ccc(C(F)(F)F)cn3c2C#N)cc1. The molecule has 0 radical (unpaired) electrons. The molecule has 0 spiro atoms. The van der Waals surface area contributed by atoms with Crippen LogP contribution in [0.4, 0.5) is 13.2 Å². The zero-order chi connectivity index (χ0) is 16.6. The summed E-state index contributed by atoms with van der Waals surface area (Å²) in [6.07, 6.45) is -3.14. The van der Waals surface area contributed by atoms with Crippen LogP contribution in [0.15, 0.2) is 42.6 Å². The number of hydrogen-bond acceptors (Lipinski definition) is 2. The zero-order valence-corrected chi connectivity index (χ0v) is 12.2. The van der Waals surface area contributed by atoms with Crippen LogP contribution < -0.4 is 0 Å². The van der Waals surface area contributed by atoms with Crippen molar-refractivity contribution in [3.8, 4) is 6.07 Å². The lowest BCUT2D eigenvalue weighted by Gasteiger charge is -2.06. The van der Waals surface area contributed by atoms with Gasteiger partial charge in [-0.25, -0.2) is 4.98 Å². The fraction of sp³-hybridized carbons (Fsp3) is 0.176. The number of nitriles is 1. The van der Waals surface area contributed by atoms with Gasteiger partial charge in [0.25, 0.3) is 0 Å². The second-order valence-corrected chi connectivity index (χ2v) is 5.33. The number of aryl methyl sites for hydroxylation is 1. The molecule has 3 nitrogen and oxygen atoms in total. The van der Waals surface area contributed by atoms with E-state index in [-0.39, 0.29) is 5.69 Å². The highest BCUT2D eigenvalue weighted by atomic mass is 19.4. The Labute approximate surface area is 130 Å². The Balaban J connectivity index is 2.07. The molecule has 0 amide bonds. The maximum atomic E-state index is 12.8. The first-order valence-electron chi connectivity index (χ1n) is 6.92. The van der Waals surface area contributed by atoms with Gasteiger partial charge in [-0.2, -0.15) is 18.4 Å². The summed E-state index contributed by atoms with van der Waals surface area (Å²) in [4.78, 5) is 4.30. The van der Waals surface area contributed by atoms with Crippen LogP contribution in [0.2, 0.25) is 0 Å². The Morgan fingerprint density at radius 2 is 1.83 bits per heavy atom. The molecule has 0 unspecified atom stereocenters. The van der Waals surface area contributed by atoms with Crippen LogP contribution in [0.3, 0.4) is 0 Å². The lowest BCUT2D eigenvalue weighted by molar-refractivity contribution is -0.137. The average molecular weight is 315 g/mol. The molecule has 0 fully saturated rings. The van der Waals surface area contributed by atoms with Crippen LogP contribution in [0.1, 0.15) is 28.1 Å². The van der Waals surface area contributed by atoms with Crippen LogP contribution in [-0.2, 0) is 12.6 Å². The van der Waals surface area contributed by atoms with Crippen molar-refractivity contribution in [1.29, 1.82) is 5.26 Å². The minimum atomic E-state index is -4.46. The number of imidazole rings is 1. The number of pyridine rings is 1. The highest BCUT2D eigenvalue weighted by molar-refractivity contribution is 5.49. The predicted molar refractivity (Wildman–Crippen MR) is 78.9 cm³/mol. The Kier molecular flexibility index (Phi) is 3.57. The molecule has 0 aliphatic carbocycles. The van der Waals surface area contributed by atoms with E-state index in [0.29, 0.717) is 17.8 Å². The van der Waals surface area contributed by atoms with E-state index in [2.05, 4.69) is 4.98 Å². The van der Waals surface area contributed by atoms with Crippen molar-refractivity contribution in [1.82, 2.24) is 9.38 Å². The van der Waals surface area contributed by atoms with Gasteiger partial charge >= 0.3 is 6.18 Å². The first-order chi connectivity index (χ1) is 10.9. The monoisotopic (exact) mass is 315 g/mol. The van der Waals surface area contributed by atoms with Crippen molar-refractivity contribution in [2.75, 3.05) is 0 Å². The van der Waals surface area contributed by atoms with Gasteiger partial charge in [0.2, 0.25) is 0 Å². The number of aromatic nitrogens is 2. The van der Waals surface area contributed by atoms with Gasteiger partial charge in [-0.1, -0.05) is 29.8 Å². The van der Waals surface area contributed by atoms with Gasteiger partial charge in [0.1, 0.15) is 17.4 Å². The molecule has 1 aromatic carbocycles. The minimum Gasteiger partial charge on any atom is -0.290 e. The van der Waals surface area contributed by atoms with E-state index in [1.807, 2.05) is 37.3 Å². The second-order valence-electron chi connectivity index (χ2n) is 5.33. The molecule has 0 aliphatic rings. The molecule has 2 heterocycles. The van der Waals surface area contributed by atoms with E-state index >= 15 is 0 Å². The Bertz CT molecular complexity index is 900. The molecule has 0 N–H and O–H groups in total. The summed E-state index contributed by atoms with van der Waals surface area (Å²) in [5.41, 5.74) is 2.19. The normalized spacial score (nSPS) is 11.6. The van der Waals surface area contributed by atoms with Crippen molar-refractivity contribution in [2.24, 2.45) is 0 Å². The van der Waals surface area contributed by atoms with Gasteiger partial charge in [-0.3, -0.25) is 4.40 Å². The number of halogens is 3. The molecule has 2 aromatic heterocycles. The summed E-state index contributed by atoms with van der Waals surface area (Å²) in [6.45, 7) is 1.97. The van der Waals surface area contributed by atoms with E-state index in [1.54, 1.807) is 0 Å². The van der Waals surface area contributed by atoms with Gasteiger partial charge in [0.15, 0.2) is 0 Å². The lowest BCUT2D eigenvalue weighted by Crippen LogP contribution is -2.06. The zero-order valence-electron chi connectivity index (χ0n) is 12.2. The Morgan fingerprint density at radius 3 is 2.43 bits per heavy atom. The van der Waals surface area contributed by atoms with Gasteiger partial charge in [-0.15, -0.1) is 0 Å². The summed E-state index contributed by atoms with van der Waals surface area (Å²) in [5.74, 6) is 0. The van der Waals surface area contributed by atoms with Crippen molar-refractivity contribution in [3.05, 3.63) is 70.7 Å². The molecule has 116 valence electrons. The average Bonchev–Trinajstić information content (AvgIpc) is 2.84. The largest absolute Gasteiger partial charge is 0.417 e. The van der Waals surface area contributed by atoms with Crippen molar-refractivity contribution >= 4 is 5.65 Å². The van der Waals surface area contributed by atoms with Gasteiger partial charge in [0.05, 0.1) is 11.3 Å². The topological polar surface area (TPSA) is 41.1 Å². The first-order valence-corrected chi connectivity index (χ1v) is 6.92. The highest BCUT2D eigenvalue weighted by Gasteiger charge is 2.31. The van der Waals surface area contributed by atoms with Crippen LogP contribution in [0.5, 0.6) is 0 Å². The first kappa shape index (κ1) is 15.1. The summed E-state index contributed by atoms with van der Waals surface area (Å²) < 4.78 is 39.7. The standard InChI is InChI=1S/C17H12F3N3/c1-11-2-4-12(5-3-11)8-14-15(9-21)23-10-13(17(18,19)20)6-7-16(23)22-14/h2-7,10H,8H2,1H3. The molecule has 0 saturated heterocycles.